The molecule has 1 aromatic carbocycles. The van der Waals surface area contributed by atoms with E-state index in [9.17, 15) is 4.79 Å². The predicted octanol–water partition coefficient (Wildman–Crippen LogP) is 2.97. The molecule has 3 aromatic rings. The van der Waals surface area contributed by atoms with Gasteiger partial charge in [-0.1, -0.05) is 29.4 Å². The molecule has 0 radical (unpaired) electrons. The van der Waals surface area contributed by atoms with Gasteiger partial charge in [0, 0.05) is 37.4 Å². The van der Waals surface area contributed by atoms with Crippen LogP contribution in [0, 0.1) is 0 Å². The fourth-order valence-corrected chi connectivity index (χ4v) is 4.11. The van der Waals surface area contributed by atoms with Gasteiger partial charge in [-0.3, -0.25) is 9.89 Å². The number of benzene rings is 1. The topological polar surface area (TPSA) is 87.2 Å². The van der Waals surface area contributed by atoms with E-state index < -0.39 is 0 Å². The molecule has 1 N–H and O–H groups in total. The maximum absolute atomic E-state index is 12.6. The first kappa shape index (κ1) is 20.5. The third kappa shape index (κ3) is 4.68. The molecule has 1 aliphatic rings. The second-order valence-corrected chi connectivity index (χ2v) is 8.03. The third-order valence-electron chi connectivity index (χ3n) is 4.81. The Bertz CT molecular complexity index is 1010. The minimum absolute atomic E-state index is 0.0763. The van der Waals surface area contributed by atoms with Crippen molar-refractivity contribution < 1.29 is 9.53 Å². The van der Waals surface area contributed by atoms with Crippen molar-refractivity contribution in [3.8, 4) is 17.1 Å². The Morgan fingerprint density at radius 3 is 2.80 bits per heavy atom. The first-order valence-electron chi connectivity index (χ1n) is 9.47. The van der Waals surface area contributed by atoms with Gasteiger partial charge in [0.05, 0.1) is 18.4 Å². The Balaban J connectivity index is 1.32. The van der Waals surface area contributed by atoms with Crippen molar-refractivity contribution in [1.82, 2.24) is 25.1 Å². The molecule has 1 fully saturated rings. The molecule has 0 aliphatic carbocycles. The van der Waals surface area contributed by atoms with E-state index in [0.717, 1.165) is 24.5 Å². The van der Waals surface area contributed by atoms with Gasteiger partial charge in [-0.15, -0.1) is 5.10 Å². The molecule has 3 heterocycles. The fourth-order valence-electron chi connectivity index (χ4n) is 3.24. The van der Waals surface area contributed by atoms with Crippen molar-refractivity contribution in [1.29, 1.82) is 0 Å². The Morgan fingerprint density at radius 1 is 1.23 bits per heavy atom. The van der Waals surface area contributed by atoms with Crippen LogP contribution in [0.4, 0.5) is 5.82 Å². The zero-order chi connectivity index (χ0) is 20.9. The quantitative estimate of drug-likeness (QED) is 0.585. The van der Waals surface area contributed by atoms with E-state index in [0.29, 0.717) is 34.8 Å². The van der Waals surface area contributed by atoms with Crippen LogP contribution in [0.1, 0.15) is 0 Å². The summed E-state index contributed by atoms with van der Waals surface area (Å²) >= 11 is 7.40. The van der Waals surface area contributed by atoms with Crippen molar-refractivity contribution in [2.75, 3.05) is 43.9 Å². The van der Waals surface area contributed by atoms with Gasteiger partial charge in [0.15, 0.2) is 5.82 Å². The van der Waals surface area contributed by atoms with Crippen LogP contribution in [0.5, 0.6) is 5.75 Å². The summed E-state index contributed by atoms with van der Waals surface area (Å²) in [6, 6.07) is 11.2. The molecule has 8 nitrogen and oxygen atoms in total. The molecule has 156 valence electrons. The zero-order valence-corrected chi connectivity index (χ0v) is 18.0. The van der Waals surface area contributed by atoms with Crippen molar-refractivity contribution in [2.45, 2.75) is 5.16 Å². The second kappa shape index (κ2) is 9.36. The highest BCUT2D eigenvalue weighted by Crippen LogP contribution is 2.31. The summed E-state index contributed by atoms with van der Waals surface area (Å²) in [6.07, 6.45) is 1.79. The molecule has 0 unspecified atom stereocenters. The number of nitrogens with zero attached hydrogens (tertiary/aromatic N) is 5. The molecule has 0 saturated carbocycles. The Labute approximate surface area is 183 Å². The van der Waals surface area contributed by atoms with E-state index in [2.05, 4.69) is 25.1 Å². The molecule has 1 aliphatic heterocycles. The number of pyridine rings is 1. The monoisotopic (exact) mass is 444 g/mol. The smallest absolute Gasteiger partial charge is 0.233 e. The van der Waals surface area contributed by atoms with Gasteiger partial charge in [-0.05, 0) is 30.3 Å². The van der Waals surface area contributed by atoms with Crippen LogP contribution in [-0.4, -0.2) is 70.0 Å². The van der Waals surface area contributed by atoms with Gasteiger partial charge in [0.1, 0.15) is 11.6 Å². The van der Waals surface area contributed by atoms with E-state index in [1.165, 1.54) is 11.8 Å². The predicted molar refractivity (Wildman–Crippen MR) is 117 cm³/mol. The van der Waals surface area contributed by atoms with Gasteiger partial charge in [0.25, 0.3) is 0 Å². The van der Waals surface area contributed by atoms with Gasteiger partial charge in [0.2, 0.25) is 11.1 Å². The van der Waals surface area contributed by atoms with Crippen LogP contribution in [0.15, 0.2) is 47.8 Å². The summed E-state index contributed by atoms with van der Waals surface area (Å²) in [5.41, 5.74) is 0.723. The highest BCUT2D eigenvalue weighted by Gasteiger charge is 2.22. The number of hydrogen-bond donors (Lipinski definition) is 1. The van der Waals surface area contributed by atoms with Crippen molar-refractivity contribution in [2.24, 2.45) is 0 Å². The number of ether oxygens (including phenoxy) is 1. The van der Waals surface area contributed by atoms with Gasteiger partial charge in [-0.2, -0.15) is 0 Å². The Hall–Kier alpha value is -2.78. The summed E-state index contributed by atoms with van der Waals surface area (Å²) in [4.78, 5) is 25.5. The van der Waals surface area contributed by atoms with E-state index in [1.807, 2.05) is 23.1 Å². The average Bonchev–Trinajstić information content (AvgIpc) is 3.27. The number of aromatic amines is 1. The molecule has 1 saturated heterocycles. The van der Waals surface area contributed by atoms with Gasteiger partial charge in [-0.25, -0.2) is 9.97 Å². The average molecular weight is 445 g/mol. The van der Waals surface area contributed by atoms with Crippen LogP contribution >= 0.6 is 23.4 Å². The number of anilines is 1. The van der Waals surface area contributed by atoms with Crippen LogP contribution in [0.3, 0.4) is 0 Å². The molecule has 4 rings (SSSR count). The number of H-pyrrole nitrogens is 1. The number of nitrogens with one attached hydrogen (secondary N) is 1. The number of piperazine rings is 1. The lowest BCUT2D eigenvalue weighted by Crippen LogP contribution is -2.49. The molecular weight excluding hydrogens is 424 g/mol. The van der Waals surface area contributed by atoms with Crippen molar-refractivity contribution in [3.05, 3.63) is 47.6 Å². The largest absolute Gasteiger partial charge is 0.496 e. The lowest BCUT2D eigenvalue weighted by atomic mass is 10.2. The SMILES string of the molecule is COc1ccc(Cl)cc1-c1nc(SCC(=O)N2CCN(c3ccccn3)CC2)n[nH]1. The maximum Gasteiger partial charge on any atom is 0.233 e. The minimum Gasteiger partial charge on any atom is -0.496 e. The molecule has 10 heteroatoms. The summed E-state index contributed by atoms with van der Waals surface area (Å²) in [5.74, 6) is 2.51. The number of aromatic nitrogens is 4. The van der Waals surface area contributed by atoms with Gasteiger partial charge >= 0.3 is 0 Å². The third-order valence-corrected chi connectivity index (χ3v) is 5.88. The number of carbonyl (C=O) groups excluding carboxylic acids is 1. The molecule has 0 atom stereocenters. The number of methoxy groups -OCH3 is 1. The summed E-state index contributed by atoms with van der Waals surface area (Å²) in [7, 11) is 1.59. The number of hydrogen-bond acceptors (Lipinski definition) is 7. The fraction of sp³-hybridized carbons (Fsp3) is 0.300. The normalized spacial score (nSPS) is 14.1. The maximum atomic E-state index is 12.6. The molecule has 0 spiro atoms. The highest BCUT2D eigenvalue weighted by molar-refractivity contribution is 7.99. The summed E-state index contributed by atoms with van der Waals surface area (Å²) < 4.78 is 5.36. The first-order valence-corrected chi connectivity index (χ1v) is 10.8. The Morgan fingerprint density at radius 2 is 2.07 bits per heavy atom. The van der Waals surface area contributed by atoms with E-state index in [4.69, 9.17) is 16.3 Å². The number of thioether (sulfide) groups is 1. The number of rotatable bonds is 6. The molecule has 0 bridgehead atoms. The van der Waals surface area contributed by atoms with E-state index in [-0.39, 0.29) is 11.7 Å². The molecule has 1 amide bonds. The van der Waals surface area contributed by atoms with Crippen molar-refractivity contribution in [3.63, 3.8) is 0 Å². The molecule has 2 aromatic heterocycles. The van der Waals surface area contributed by atoms with E-state index >= 15 is 0 Å². The Kier molecular flexibility index (Phi) is 6.39. The van der Waals surface area contributed by atoms with Crippen LogP contribution in [0.25, 0.3) is 11.4 Å². The van der Waals surface area contributed by atoms with Crippen LogP contribution < -0.4 is 9.64 Å². The van der Waals surface area contributed by atoms with E-state index in [1.54, 1.807) is 31.5 Å². The van der Waals surface area contributed by atoms with Crippen LogP contribution in [0.2, 0.25) is 5.02 Å². The number of halogens is 1. The highest BCUT2D eigenvalue weighted by atomic mass is 35.5. The van der Waals surface area contributed by atoms with Crippen molar-refractivity contribution >= 4 is 35.1 Å². The number of amides is 1. The standard InChI is InChI=1S/C20H21ClN6O2S/c1-29-16-6-5-14(21)12-15(16)19-23-20(25-24-19)30-13-18(28)27-10-8-26(9-11-27)17-4-2-3-7-22-17/h2-7,12H,8-11,13H2,1H3,(H,23,24,25). The first-order chi connectivity index (χ1) is 14.6. The van der Waals surface area contributed by atoms with Gasteiger partial charge < -0.3 is 14.5 Å². The summed E-state index contributed by atoms with van der Waals surface area (Å²) in [5, 5.41) is 8.19. The second-order valence-electron chi connectivity index (χ2n) is 6.66. The molecule has 30 heavy (non-hydrogen) atoms. The molecular formula is C20H21ClN6O2S. The number of carbonyl (C=O) groups is 1. The zero-order valence-electron chi connectivity index (χ0n) is 16.4. The lowest BCUT2D eigenvalue weighted by Gasteiger charge is -2.35. The summed E-state index contributed by atoms with van der Waals surface area (Å²) in [6.45, 7) is 2.89. The minimum atomic E-state index is 0.0763. The lowest BCUT2D eigenvalue weighted by molar-refractivity contribution is -0.128. The van der Waals surface area contributed by atoms with Crippen LogP contribution in [-0.2, 0) is 4.79 Å².